The van der Waals surface area contributed by atoms with Crippen LogP contribution in [0.5, 0.6) is 11.5 Å². The Bertz CT molecular complexity index is 1540. The van der Waals surface area contributed by atoms with Crippen molar-refractivity contribution in [2.24, 2.45) is 5.92 Å². The van der Waals surface area contributed by atoms with E-state index in [0.29, 0.717) is 28.9 Å². The third-order valence-electron chi connectivity index (χ3n) is 7.61. The molecule has 2 fully saturated rings. The van der Waals surface area contributed by atoms with E-state index in [1.807, 2.05) is 30.5 Å². The zero-order valence-electron chi connectivity index (χ0n) is 21.4. The predicted octanol–water partition coefficient (Wildman–Crippen LogP) is 6.77. The summed E-state index contributed by atoms with van der Waals surface area (Å²) >= 11 is 6.27. The number of ether oxygens (including phenoxy) is 1. The third kappa shape index (κ3) is 4.57. The molecular weight excluding hydrogens is 500 g/mol. The van der Waals surface area contributed by atoms with Gasteiger partial charge in [-0.1, -0.05) is 23.7 Å². The van der Waals surface area contributed by atoms with Gasteiger partial charge in [-0.15, -0.1) is 0 Å². The van der Waals surface area contributed by atoms with E-state index in [1.165, 1.54) is 19.1 Å². The van der Waals surface area contributed by atoms with Gasteiger partial charge in [-0.25, -0.2) is 4.98 Å². The molecule has 1 aliphatic heterocycles. The summed E-state index contributed by atoms with van der Waals surface area (Å²) in [6.07, 6.45) is 7.74. The van der Waals surface area contributed by atoms with E-state index in [4.69, 9.17) is 21.3 Å². The van der Waals surface area contributed by atoms with Crippen LogP contribution in [0, 0.1) is 5.92 Å². The Morgan fingerprint density at radius 2 is 1.92 bits per heavy atom. The molecule has 0 amide bonds. The van der Waals surface area contributed by atoms with Crippen LogP contribution >= 0.6 is 11.6 Å². The molecule has 6 rings (SSSR count). The molecule has 0 bridgehead atoms. The van der Waals surface area contributed by atoms with Gasteiger partial charge in [-0.05, 0) is 86.3 Å². The van der Waals surface area contributed by atoms with Crippen LogP contribution in [0.15, 0.2) is 54.9 Å². The highest BCUT2D eigenvalue weighted by atomic mass is 35.5. The minimum atomic E-state index is -0.0987. The summed E-state index contributed by atoms with van der Waals surface area (Å²) < 4.78 is 5.30. The van der Waals surface area contributed by atoms with E-state index >= 15 is 0 Å². The minimum Gasteiger partial charge on any atom is -0.503 e. The summed E-state index contributed by atoms with van der Waals surface area (Å²) in [5.74, 6) is 1.01. The van der Waals surface area contributed by atoms with E-state index in [9.17, 15) is 9.90 Å². The number of ketones is 1. The maximum atomic E-state index is 13.3. The maximum absolute atomic E-state index is 13.3. The van der Waals surface area contributed by atoms with Crippen molar-refractivity contribution >= 4 is 39.8 Å². The van der Waals surface area contributed by atoms with Gasteiger partial charge in [-0.2, -0.15) is 0 Å². The zero-order valence-corrected chi connectivity index (χ0v) is 22.1. The third-order valence-corrected chi connectivity index (χ3v) is 7.90. The van der Waals surface area contributed by atoms with Crippen molar-refractivity contribution in [2.75, 3.05) is 26.0 Å². The predicted molar refractivity (Wildman–Crippen MR) is 150 cm³/mol. The Balaban J connectivity index is 1.43. The number of fused-ring (bicyclic) bond motifs is 1. The van der Waals surface area contributed by atoms with E-state index in [0.717, 1.165) is 47.8 Å². The number of nitrogens with one attached hydrogen (secondary N) is 1. The van der Waals surface area contributed by atoms with Crippen molar-refractivity contribution in [1.29, 1.82) is 0 Å². The van der Waals surface area contributed by atoms with Gasteiger partial charge < -0.3 is 15.2 Å². The molecular formula is C30H29ClN4O3. The molecule has 1 unspecified atom stereocenters. The lowest BCUT2D eigenvalue weighted by molar-refractivity contribution is 0.0968. The van der Waals surface area contributed by atoms with Crippen LogP contribution in [0.1, 0.15) is 47.6 Å². The number of carbonyl (C=O) groups excluding carboxylic acids is 1. The fourth-order valence-corrected chi connectivity index (χ4v) is 5.50. The van der Waals surface area contributed by atoms with Crippen LogP contribution in [0.3, 0.4) is 0 Å². The Hall–Kier alpha value is -3.68. The van der Waals surface area contributed by atoms with Crippen LogP contribution in [-0.4, -0.2) is 46.5 Å². The standard InChI is InChI=1S/C30H29ClN4O3/c1-35-11-3-4-25(35)19-8-10-27(33-15-19)34-28-21-12-18(20-13-23(31)30(37)26(14-20)38-2)7-9-24(21)32-16-22(28)29(36)17-5-6-17/h7-10,12-17,25,37H,3-6,11H2,1-2H3,(H,32,33,34). The summed E-state index contributed by atoms with van der Waals surface area (Å²) in [5.41, 5.74) is 4.85. The average Bonchev–Trinajstić information content (AvgIpc) is 3.70. The van der Waals surface area contributed by atoms with E-state index < -0.39 is 0 Å². The number of nitrogens with zero attached hydrogens (tertiary/aromatic N) is 3. The highest BCUT2D eigenvalue weighted by molar-refractivity contribution is 6.32. The molecule has 194 valence electrons. The van der Waals surface area contributed by atoms with Crippen LogP contribution in [0.4, 0.5) is 11.5 Å². The molecule has 1 saturated heterocycles. The molecule has 1 saturated carbocycles. The number of benzene rings is 2. The number of phenols is 1. The Morgan fingerprint density at radius 3 is 2.61 bits per heavy atom. The molecule has 2 aromatic carbocycles. The molecule has 7 nitrogen and oxygen atoms in total. The normalized spacial score (nSPS) is 17.6. The first-order valence-corrected chi connectivity index (χ1v) is 13.3. The fourth-order valence-electron chi connectivity index (χ4n) is 5.29. The number of carbonyl (C=O) groups is 1. The number of likely N-dealkylation sites (tertiary alicyclic amines) is 1. The second-order valence-electron chi connectivity index (χ2n) is 10.2. The molecule has 0 radical (unpaired) electrons. The van der Waals surface area contributed by atoms with Gasteiger partial charge in [-0.3, -0.25) is 14.7 Å². The average molecular weight is 529 g/mol. The Kier molecular flexibility index (Phi) is 6.41. The molecule has 1 aliphatic carbocycles. The Morgan fingerprint density at radius 1 is 1.08 bits per heavy atom. The lowest BCUT2D eigenvalue weighted by atomic mass is 9.98. The molecule has 1 atom stereocenters. The lowest BCUT2D eigenvalue weighted by Crippen LogP contribution is -2.17. The molecule has 0 spiro atoms. The SMILES string of the molecule is COc1cc(-c2ccc3ncc(C(=O)C4CC4)c(Nc4ccc(C5CCCN5C)cn4)c3c2)cc(Cl)c1O. The second kappa shape index (κ2) is 9.89. The number of rotatable bonds is 7. The van der Waals surface area contributed by atoms with Crippen LogP contribution in [-0.2, 0) is 0 Å². The van der Waals surface area contributed by atoms with Crippen LogP contribution < -0.4 is 10.1 Å². The van der Waals surface area contributed by atoms with Crippen molar-refractivity contribution < 1.29 is 14.6 Å². The number of pyridine rings is 2. The molecule has 2 aliphatic rings. The van der Waals surface area contributed by atoms with Gasteiger partial charge in [0.25, 0.3) is 0 Å². The van der Waals surface area contributed by atoms with E-state index in [1.54, 1.807) is 18.3 Å². The number of methoxy groups -OCH3 is 1. The van der Waals surface area contributed by atoms with Gasteiger partial charge in [0, 0.05) is 29.7 Å². The van der Waals surface area contributed by atoms with Gasteiger partial charge in [0.05, 0.1) is 28.9 Å². The first-order chi connectivity index (χ1) is 18.4. The number of Topliss-reactive ketones (excluding diaryl/α,β-unsaturated/α-hetero) is 1. The first-order valence-electron chi connectivity index (χ1n) is 12.9. The number of halogens is 1. The second-order valence-corrected chi connectivity index (χ2v) is 10.6. The monoisotopic (exact) mass is 528 g/mol. The van der Waals surface area contributed by atoms with Crippen LogP contribution in [0.25, 0.3) is 22.0 Å². The van der Waals surface area contributed by atoms with Crippen molar-refractivity contribution in [3.8, 4) is 22.6 Å². The minimum absolute atomic E-state index is 0.0476. The molecule has 2 aromatic heterocycles. The van der Waals surface area contributed by atoms with Gasteiger partial charge in [0.2, 0.25) is 0 Å². The lowest BCUT2D eigenvalue weighted by Gasteiger charge is -2.20. The smallest absolute Gasteiger partial charge is 0.176 e. The van der Waals surface area contributed by atoms with Crippen molar-refractivity contribution in [2.45, 2.75) is 31.7 Å². The van der Waals surface area contributed by atoms with E-state index in [-0.39, 0.29) is 22.5 Å². The maximum Gasteiger partial charge on any atom is 0.176 e. The molecule has 38 heavy (non-hydrogen) atoms. The van der Waals surface area contributed by atoms with Gasteiger partial charge >= 0.3 is 0 Å². The number of hydrogen-bond acceptors (Lipinski definition) is 7. The Labute approximate surface area is 226 Å². The summed E-state index contributed by atoms with van der Waals surface area (Å²) in [5, 5.41) is 14.6. The van der Waals surface area contributed by atoms with Gasteiger partial charge in [0.1, 0.15) is 5.82 Å². The number of aromatic hydroxyl groups is 1. The summed E-state index contributed by atoms with van der Waals surface area (Å²) in [6.45, 7) is 1.10. The quantitative estimate of drug-likeness (QED) is 0.256. The highest BCUT2D eigenvalue weighted by Gasteiger charge is 2.33. The van der Waals surface area contributed by atoms with Crippen LogP contribution in [0.2, 0.25) is 5.02 Å². The molecule has 4 aromatic rings. The number of anilines is 2. The number of hydrogen-bond donors (Lipinski definition) is 2. The summed E-state index contributed by atoms with van der Waals surface area (Å²) in [4.78, 5) is 25.0. The van der Waals surface area contributed by atoms with Crippen molar-refractivity contribution in [1.82, 2.24) is 14.9 Å². The van der Waals surface area contributed by atoms with Crippen molar-refractivity contribution in [3.63, 3.8) is 0 Å². The first kappa shape index (κ1) is 24.6. The highest BCUT2D eigenvalue weighted by Crippen LogP contribution is 2.41. The van der Waals surface area contributed by atoms with E-state index in [2.05, 4.69) is 28.3 Å². The summed E-state index contributed by atoms with van der Waals surface area (Å²) in [7, 11) is 3.64. The topological polar surface area (TPSA) is 87.6 Å². The molecule has 2 N–H and O–H groups in total. The molecule has 3 heterocycles. The van der Waals surface area contributed by atoms with Gasteiger partial charge in [0.15, 0.2) is 17.3 Å². The largest absolute Gasteiger partial charge is 0.503 e. The zero-order chi connectivity index (χ0) is 26.4. The fraction of sp³-hybridized carbons (Fsp3) is 0.300. The number of phenolic OH excluding ortho intramolecular Hbond substituents is 1. The summed E-state index contributed by atoms with van der Waals surface area (Å²) in [6, 6.07) is 13.8. The number of aromatic nitrogens is 2. The molecule has 8 heteroatoms. The van der Waals surface area contributed by atoms with Crippen molar-refractivity contribution in [3.05, 3.63) is 71.0 Å².